The fourth-order valence-corrected chi connectivity index (χ4v) is 5.02. The lowest BCUT2D eigenvalue weighted by Crippen LogP contribution is -2.53. The van der Waals surface area contributed by atoms with Gasteiger partial charge in [-0.1, -0.05) is 25.0 Å². The fraction of sp³-hybridized carbons (Fsp3) is 0.833. The van der Waals surface area contributed by atoms with E-state index in [1.165, 1.54) is 50.3 Å². The Balaban J connectivity index is 0.00000208. The van der Waals surface area contributed by atoms with Crippen molar-refractivity contribution in [3.8, 4) is 0 Å². The molecular weight excluding hydrogens is 431 g/mol. The van der Waals surface area contributed by atoms with Crippen molar-refractivity contribution in [3.63, 3.8) is 0 Å². The molecule has 2 N–H and O–H groups in total. The van der Waals surface area contributed by atoms with Crippen molar-refractivity contribution in [2.24, 2.45) is 4.99 Å². The molecule has 0 unspecified atom stereocenters. The van der Waals surface area contributed by atoms with E-state index in [0.717, 1.165) is 31.9 Å². The lowest BCUT2D eigenvalue weighted by Gasteiger charge is -2.42. The minimum Gasteiger partial charge on any atom is -0.357 e. The van der Waals surface area contributed by atoms with Crippen LogP contribution in [0.2, 0.25) is 0 Å². The van der Waals surface area contributed by atoms with Crippen molar-refractivity contribution in [2.45, 2.75) is 57.0 Å². The van der Waals surface area contributed by atoms with E-state index >= 15 is 0 Å². The molecule has 4 nitrogen and oxygen atoms in total. The van der Waals surface area contributed by atoms with Crippen LogP contribution in [0.5, 0.6) is 0 Å². The molecule has 0 radical (unpaired) electrons. The smallest absolute Gasteiger partial charge is 0.191 e. The highest BCUT2D eigenvalue weighted by Crippen LogP contribution is 2.37. The van der Waals surface area contributed by atoms with Crippen LogP contribution in [0.3, 0.4) is 0 Å². The highest BCUT2D eigenvalue weighted by Gasteiger charge is 2.39. The molecule has 3 aliphatic rings. The molecule has 2 fully saturated rings. The van der Waals surface area contributed by atoms with Crippen LogP contribution in [-0.2, 0) is 0 Å². The van der Waals surface area contributed by atoms with E-state index in [-0.39, 0.29) is 24.0 Å². The molecule has 138 valence electrons. The van der Waals surface area contributed by atoms with E-state index in [9.17, 15) is 0 Å². The molecule has 0 atom stereocenters. The zero-order valence-corrected chi connectivity index (χ0v) is 18.1. The van der Waals surface area contributed by atoms with Gasteiger partial charge in [0.15, 0.2) is 5.96 Å². The summed E-state index contributed by atoms with van der Waals surface area (Å²) in [7, 11) is 0. The minimum absolute atomic E-state index is 0. The summed E-state index contributed by atoms with van der Waals surface area (Å²) in [5, 5.41) is 7.06. The van der Waals surface area contributed by atoms with Crippen LogP contribution in [0.4, 0.5) is 0 Å². The molecule has 1 saturated carbocycles. The van der Waals surface area contributed by atoms with Gasteiger partial charge in [-0.2, -0.15) is 11.8 Å². The molecule has 0 bridgehead atoms. The van der Waals surface area contributed by atoms with Crippen molar-refractivity contribution in [2.75, 3.05) is 37.7 Å². The zero-order chi connectivity index (χ0) is 16.0. The summed E-state index contributed by atoms with van der Waals surface area (Å²) in [5.74, 6) is 3.59. The van der Waals surface area contributed by atoms with E-state index in [4.69, 9.17) is 4.99 Å². The second kappa shape index (κ2) is 10.3. The molecule has 0 amide bonds. The number of hydrogen-bond donors (Lipinski definition) is 2. The van der Waals surface area contributed by atoms with Gasteiger partial charge in [0.2, 0.25) is 0 Å². The van der Waals surface area contributed by atoms with Crippen molar-refractivity contribution in [3.05, 3.63) is 12.2 Å². The molecule has 6 heteroatoms. The monoisotopic (exact) mass is 464 g/mol. The molecule has 1 saturated heterocycles. The summed E-state index contributed by atoms with van der Waals surface area (Å²) in [4.78, 5) is 7.78. The molecular formula is C18H33IN4S. The van der Waals surface area contributed by atoms with Gasteiger partial charge in [0, 0.05) is 42.7 Å². The Kier molecular flexibility index (Phi) is 8.71. The molecule has 0 spiro atoms. The van der Waals surface area contributed by atoms with E-state index in [2.05, 4.69) is 46.4 Å². The number of hydrogen-bond acceptors (Lipinski definition) is 3. The maximum atomic E-state index is 5.02. The van der Waals surface area contributed by atoms with Gasteiger partial charge in [0.1, 0.15) is 0 Å². The Morgan fingerprint density at radius 1 is 1.21 bits per heavy atom. The first kappa shape index (κ1) is 20.4. The predicted octanol–water partition coefficient (Wildman–Crippen LogP) is 3.24. The normalized spacial score (nSPS) is 24.8. The standard InChI is InChI=1S/C18H32N4S.HI/c1-2-19-17(21-16-7-3-4-8-16)20-15-18(9-5-6-10-18)22-11-13-23-14-12-22;/h3-4,16H,2,5-15H2,1H3,(H2,19,20,21);1H. The van der Waals surface area contributed by atoms with Gasteiger partial charge in [0.05, 0.1) is 6.54 Å². The average Bonchev–Trinajstić information content (AvgIpc) is 3.26. The van der Waals surface area contributed by atoms with Gasteiger partial charge in [-0.15, -0.1) is 24.0 Å². The SMILES string of the molecule is CCNC(=NCC1(N2CCSCC2)CCCC1)NC1CC=CC1.I. The Labute approximate surface area is 168 Å². The Morgan fingerprint density at radius 3 is 2.50 bits per heavy atom. The summed E-state index contributed by atoms with van der Waals surface area (Å²) < 4.78 is 0. The third kappa shape index (κ3) is 5.27. The Hall–Kier alpha value is 0.0500. The van der Waals surface area contributed by atoms with E-state index < -0.39 is 0 Å². The Bertz CT molecular complexity index is 421. The number of guanidine groups is 1. The second-order valence-electron chi connectivity index (χ2n) is 7.01. The van der Waals surface area contributed by atoms with Gasteiger partial charge < -0.3 is 10.6 Å². The number of aliphatic imine (C=N–C) groups is 1. The van der Waals surface area contributed by atoms with Crippen molar-refractivity contribution in [1.82, 2.24) is 15.5 Å². The maximum absolute atomic E-state index is 5.02. The van der Waals surface area contributed by atoms with Gasteiger partial charge >= 0.3 is 0 Å². The fourth-order valence-electron chi connectivity index (χ4n) is 4.12. The topological polar surface area (TPSA) is 39.7 Å². The molecule has 0 aromatic heterocycles. The third-order valence-corrected chi connectivity index (χ3v) is 6.38. The van der Waals surface area contributed by atoms with Crippen LogP contribution in [0.15, 0.2) is 17.1 Å². The number of rotatable bonds is 5. The van der Waals surface area contributed by atoms with Crippen LogP contribution >= 0.6 is 35.7 Å². The molecule has 1 heterocycles. The predicted molar refractivity (Wildman–Crippen MR) is 117 cm³/mol. The highest BCUT2D eigenvalue weighted by atomic mass is 127. The first-order valence-electron chi connectivity index (χ1n) is 9.35. The summed E-state index contributed by atoms with van der Waals surface area (Å²) in [6.45, 7) is 6.52. The molecule has 2 aliphatic carbocycles. The third-order valence-electron chi connectivity index (χ3n) is 5.44. The molecule has 0 aromatic rings. The second-order valence-corrected chi connectivity index (χ2v) is 8.23. The first-order chi connectivity index (χ1) is 11.3. The zero-order valence-electron chi connectivity index (χ0n) is 14.9. The van der Waals surface area contributed by atoms with Gasteiger partial charge in [0.25, 0.3) is 0 Å². The van der Waals surface area contributed by atoms with E-state index in [0.29, 0.717) is 11.6 Å². The summed E-state index contributed by atoms with van der Waals surface area (Å²) in [6, 6.07) is 0.527. The number of nitrogens with zero attached hydrogens (tertiary/aromatic N) is 2. The maximum Gasteiger partial charge on any atom is 0.191 e. The van der Waals surface area contributed by atoms with Crippen molar-refractivity contribution < 1.29 is 0 Å². The Morgan fingerprint density at radius 2 is 1.88 bits per heavy atom. The van der Waals surface area contributed by atoms with Crippen molar-refractivity contribution >= 4 is 41.7 Å². The molecule has 24 heavy (non-hydrogen) atoms. The first-order valence-corrected chi connectivity index (χ1v) is 10.5. The van der Waals surface area contributed by atoms with Crippen LogP contribution in [-0.4, -0.2) is 60.1 Å². The quantitative estimate of drug-likeness (QED) is 0.284. The van der Waals surface area contributed by atoms with E-state index in [1.54, 1.807) is 0 Å². The summed E-state index contributed by atoms with van der Waals surface area (Å²) in [6.07, 6.45) is 12.2. The summed E-state index contributed by atoms with van der Waals surface area (Å²) in [5.41, 5.74) is 0.331. The van der Waals surface area contributed by atoms with E-state index in [1.807, 2.05) is 0 Å². The number of thioether (sulfide) groups is 1. The van der Waals surface area contributed by atoms with Crippen molar-refractivity contribution in [1.29, 1.82) is 0 Å². The van der Waals surface area contributed by atoms with Crippen LogP contribution in [0, 0.1) is 0 Å². The average molecular weight is 464 g/mol. The van der Waals surface area contributed by atoms with Gasteiger partial charge in [-0.25, -0.2) is 0 Å². The largest absolute Gasteiger partial charge is 0.357 e. The van der Waals surface area contributed by atoms with Gasteiger partial charge in [-0.05, 0) is 32.6 Å². The highest BCUT2D eigenvalue weighted by molar-refractivity contribution is 14.0. The number of halogens is 1. The number of nitrogens with one attached hydrogen (secondary N) is 2. The van der Waals surface area contributed by atoms with Crippen LogP contribution < -0.4 is 10.6 Å². The van der Waals surface area contributed by atoms with Gasteiger partial charge in [-0.3, -0.25) is 9.89 Å². The molecule has 1 aliphatic heterocycles. The molecule has 0 aromatic carbocycles. The molecule has 3 rings (SSSR count). The minimum atomic E-state index is 0. The van der Waals surface area contributed by atoms with Crippen LogP contribution in [0.1, 0.15) is 45.4 Å². The summed E-state index contributed by atoms with van der Waals surface area (Å²) >= 11 is 2.10. The lowest BCUT2D eigenvalue weighted by atomic mass is 9.95. The lowest BCUT2D eigenvalue weighted by molar-refractivity contribution is 0.112. The van der Waals surface area contributed by atoms with Crippen LogP contribution in [0.25, 0.3) is 0 Å².